The Morgan fingerprint density at radius 2 is 2.14 bits per heavy atom. The minimum Gasteiger partial charge on any atom is -0.309 e. The van der Waals surface area contributed by atoms with Crippen LogP contribution in [-0.2, 0) is 23.1 Å². The zero-order chi connectivity index (χ0) is 14.9. The number of rotatable bonds is 7. The summed E-state index contributed by atoms with van der Waals surface area (Å²) in [7, 11) is -3.44. The maximum Gasteiger partial charge on any atom is 0.250 e. The second-order valence-electron chi connectivity index (χ2n) is 5.06. The Balaban J connectivity index is 1.62. The van der Waals surface area contributed by atoms with Crippen LogP contribution >= 0.6 is 22.7 Å². The van der Waals surface area contributed by atoms with E-state index in [4.69, 9.17) is 0 Å². The molecule has 1 saturated carbocycles. The predicted molar refractivity (Wildman–Crippen MR) is 85.1 cm³/mol. The first kappa shape index (κ1) is 15.1. The molecule has 2 heterocycles. The molecule has 0 bridgehead atoms. The highest BCUT2D eigenvalue weighted by molar-refractivity contribution is 7.91. The maximum atomic E-state index is 12.3. The van der Waals surface area contributed by atoms with E-state index < -0.39 is 10.0 Å². The molecule has 2 N–H and O–H groups in total. The molecule has 2 aromatic heterocycles. The van der Waals surface area contributed by atoms with E-state index in [1.807, 2.05) is 13.0 Å². The van der Waals surface area contributed by atoms with Crippen molar-refractivity contribution >= 4 is 32.7 Å². The van der Waals surface area contributed by atoms with Gasteiger partial charge in [-0.2, -0.15) is 0 Å². The van der Waals surface area contributed by atoms with Gasteiger partial charge in [0.05, 0.1) is 11.2 Å². The van der Waals surface area contributed by atoms with Crippen molar-refractivity contribution < 1.29 is 8.42 Å². The lowest BCUT2D eigenvalue weighted by atomic mass is 10.4. The van der Waals surface area contributed by atoms with Crippen LogP contribution in [0.25, 0.3) is 0 Å². The van der Waals surface area contributed by atoms with E-state index in [1.165, 1.54) is 35.5 Å². The SMILES string of the molecule is Cc1ncsc1CNS(=O)(=O)c1ccc(CNC2CC2)s1. The Labute approximate surface area is 132 Å². The van der Waals surface area contributed by atoms with Gasteiger partial charge in [0.25, 0.3) is 0 Å². The molecule has 0 spiro atoms. The fourth-order valence-corrected chi connectivity index (χ4v) is 5.01. The van der Waals surface area contributed by atoms with Crippen LogP contribution in [0.15, 0.2) is 21.9 Å². The highest BCUT2D eigenvalue weighted by atomic mass is 32.2. The van der Waals surface area contributed by atoms with Crippen molar-refractivity contribution in [2.75, 3.05) is 0 Å². The van der Waals surface area contributed by atoms with E-state index in [0.29, 0.717) is 16.8 Å². The van der Waals surface area contributed by atoms with Crippen LogP contribution in [0.4, 0.5) is 0 Å². The summed E-state index contributed by atoms with van der Waals surface area (Å²) in [5, 5.41) is 3.39. The quantitative estimate of drug-likeness (QED) is 0.809. The van der Waals surface area contributed by atoms with Crippen LogP contribution in [0.1, 0.15) is 28.3 Å². The minimum absolute atomic E-state index is 0.298. The van der Waals surface area contributed by atoms with Crippen LogP contribution in [0.2, 0.25) is 0 Å². The lowest BCUT2D eigenvalue weighted by molar-refractivity contribution is 0.584. The van der Waals surface area contributed by atoms with Gasteiger partial charge in [0.15, 0.2) is 0 Å². The third kappa shape index (κ3) is 3.89. The first-order valence-corrected chi connectivity index (χ1v) is 9.93. The van der Waals surface area contributed by atoms with Crippen LogP contribution < -0.4 is 10.0 Å². The molecule has 114 valence electrons. The molecule has 0 aliphatic heterocycles. The maximum absolute atomic E-state index is 12.3. The molecule has 0 amide bonds. The van der Waals surface area contributed by atoms with Crippen LogP contribution in [0, 0.1) is 6.92 Å². The lowest BCUT2D eigenvalue weighted by Crippen LogP contribution is -2.22. The van der Waals surface area contributed by atoms with Gasteiger partial charge in [-0.3, -0.25) is 0 Å². The summed E-state index contributed by atoms with van der Waals surface area (Å²) in [5.41, 5.74) is 2.61. The summed E-state index contributed by atoms with van der Waals surface area (Å²) in [6.07, 6.45) is 2.46. The molecule has 2 aromatic rings. The molecule has 0 radical (unpaired) electrons. The average Bonchev–Trinajstić information content (AvgIpc) is 2.98. The number of thiazole rings is 1. The molecule has 1 aliphatic rings. The van der Waals surface area contributed by atoms with Gasteiger partial charge in [-0.1, -0.05) is 0 Å². The fourth-order valence-electron chi connectivity index (χ4n) is 1.86. The number of hydrogen-bond donors (Lipinski definition) is 2. The number of aryl methyl sites for hydroxylation is 1. The summed E-state index contributed by atoms with van der Waals surface area (Å²) in [4.78, 5) is 6.12. The van der Waals surface area contributed by atoms with E-state index in [1.54, 1.807) is 11.6 Å². The molecule has 0 aromatic carbocycles. The molecule has 0 saturated heterocycles. The first-order chi connectivity index (χ1) is 10.0. The normalized spacial score (nSPS) is 15.5. The number of sulfonamides is 1. The van der Waals surface area contributed by atoms with Crippen LogP contribution in [0.5, 0.6) is 0 Å². The third-order valence-electron chi connectivity index (χ3n) is 3.31. The van der Waals surface area contributed by atoms with Crippen molar-refractivity contribution in [2.24, 2.45) is 0 Å². The van der Waals surface area contributed by atoms with Gasteiger partial charge < -0.3 is 5.32 Å². The number of aromatic nitrogens is 1. The second-order valence-corrected chi connectivity index (χ2v) is 9.16. The largest absolute Gasteiger partial charge is 0.309 e. The van der Waals surface area contributed by atoms with E-state index >= 15 is 0 Å². The summed E-state index contributed by atoms with van der Waals surface area (Å²) < 4.78 is 27.5. The van der Waals surface area contributed by atoms with Gasteiger partial charge in [-0.25, -0.2) is 18.1 Å². The van der Waals surface area contributed by atoms with Crippen LogP contribution in [-0.4, -0.2) is 19.4 Å². The number of thiophene rings is 1. The van der Waals surface area contributed by atoms with Crippen molar-refractivity contribution in [1.82, 2.24) is 15.0 Å². The molecule has 21 heavy (non-hydrogen) atoms. The Kier molecular flexibility index (Phi) is 4.41. The van der Waals surface area contributed by atoms with E-state index in [0.717, 1.165) is 22.0 Å². The molecular weight excluding hydrogens is 326 g/mol. The Morgan fingerprint density at radius 1 is 1.33 bits per heavy atom. The zero-order valence-corrected chi connectivity index (χ0v) is 14.1. The molecular formula is C13H17N3O2S3. The molecule has 8 heteroatoms. The van der Waals surface area contributed by atoms with Gasteiger partial charge in [0.1, 0.15) is 4.21 Å². The van der Waals surface area contributed by atoms with Crippen LogP contribution in [0.3, 0.4) is 0 Å². The molecule has 3 rings (SSSR count). The van der Waals surface area contributed by atoms with Gasteiger partial charge in [-0.05, 0) is 31.9 Å². The smallest absolute Gasteiger partial charge is 0.250 e. The van der Waals surface area contributed by atoms with Crippen molar-refractivity contribution in [3.63, 3.8) is 0 Å². The third-order valence-corrected chi connectivity index (χ3v) is 7.23. The highest BCUT2D eigenvalue weighted by Gasteiger charge is 2.21. The Hall–Kier alpha value is -0.800. The van der Waals surface area contributed by atoms with Gasteiger partial charge >= 0.3 is 0 Å². The molecule has 5 nitrogen and oxygen atoms in total. The summed E-state index contributed by atoms with van der Waals surface area (Å²) in [5.74, 6) is 0. The molecule has 0 unspecified atom stereocenters. The highest BCUT2D eigenvalue weighted by Crippen LogP contribution is 2.24. The molecule has 1 aliphatic carbocycles. The van der Waals surface area contributed by atoms with Crippen molar-refractivity contribution in [2.45, 2.75) is 43.1 Å². The lowest BCUT2D eigenvalue weighted by Gasteiger charge is -2.03. The van der Waals surface area contributed by atoms with Gasteiger partial charge in [0.2, 0.25) is 10.0 Å². The first-order valence-electron chi connectivity index (χ1n) is 6.75. The molecule has 1 fully saturated rings. The topological polar surface area (TPSA) is 71.1 Å². The Morgan fingerprint density at radius 3 is 2.81 bits per heavy atom. The van der Waals surface area contributed by atoms with E-state index in [-0.39, 0.29) is 0 Å². The van der Waals surface area contributed by atoms with Gasteiger partial charge in [0, 0.05) is 28.9 Å². The Bertz CT molecular complexity index is 717. The minimum atomic E-state index is -3.44. The van der Waals surface area contributed by atoms with Crippen molar-refractivity contribution in [1.29, 1.82) is 0 Å². The number of nitrogens with zero attached hydrogens (tertiary/aromatic N) is 1. The summed E-state index contributed by atoms with van der Waals surface area (Å²) in [6.45, 7) is 2.93. The number of nitrogens with one attached hydrogen (secondary N) is 2. The molecule has 0 atom stereocenters. The summed E-state index contributed by atoms with van der Waals surface area (Å²) >= 11 is 2.79. The van der Waals surface area contributed by atoms with E-state index in [9.17, 15) is 8.42 Å². The summed E-state index contributed by atoms with van der Waals surface area (Å²) in [6, 6.07) is 4.18. The van der Waals surface area contributed by atoms with Crippen molar-refractivity contribution in [3.05, 3.63) is 33.1 Å². The van der Waals surface area contributed by atoms with E-state index in [2.05, 4.69) is 15.0 Å². The van der Waals surface area contributed by atoms with Crippen molar-refractivity contribution in [3.8, 4) is 0 Å². The standard InChI is InChI=1S/C13H17N3O2S3/c1-9-12(19-8-15-9)7-16-21(17,18)13-5-4-11(20-13)6-14-10-2-3-10/h4-5,8,10,14,16H,2-3,6-7H2,1H3. The zero-order valence-electron chi connectivity index (χ0n) is 11.6. The monoisotopic (exact) mass is 343 g/mol. The second kappa shape index (κ2) is 6.13. The average molecular weight is 343 g/mol. The predicted octanol–water partition coefficient (Wildman–Crippen LogP) is 2.24. The number of hydrogen-bond acceptors (Lipinski definition) is 6. The van der Waals surface area contributed by atoms with Gasteiger partial charge in [-0.15, -0.1) is 22.7 Å². The fraction of sp³-hybridized carbons (Fsp3) is 0.462.